The Morgan fingerprint density at radius 1 is 1.40 bits per heavy atom. The topological polar surface area (TPSA) is 80.4 Å². The standard InChI is InChI=1S/C12H22N4O2S2/c1-15-10-12(8-11(15)9-13)20(17,18)14-2-3-16-4-6-19-7-5-16/h8,10,14H,2-7,9,13H2,1H3. The Bertz CT molecular complexity index is 536. The van der Waals surface area contributed by atoms with Crippen molar-refractivity contribution in [3.05, 3.63) is 18.0 Å². The number of nitrogens with one attached hydrogen (secondary N) is 1. The summed E-state index contributed by atoms with van der Waals surface area (Å²) in [6.07, 6.45) is 1.60. The Labute approximate surface area is 124 Å². The van der Waals surface area contributed by atoms with Gasteiger partial charge in [-0.05, 0) is 6.07 Å². The first-order valence-corrected chi connectivity index (χ1v) is 9.32. The zero-order valence-corrected chi connectivity index (χ0v) is 13.3. The van der Waals surface area contributed by atoms with Gasteiger partial charge in [0.15, 0.2) is 0 Å². The first-order chi connectivity index (χ1) is 9.53. The molecule has 20 heavy (non-hydrogen) atoms. The summed E-state index contributed by atoms with van der Waals surface area (Å²) in [5.41, 5.74) is 6.36. The van der Waals surface area contributed by atoms with Gasteiger partial charge >= 0.3 is 0 Å². The van der Waals surface area contributed by atoms with E-state index in [2.05, 4.69) is 9.62 Å². The van der Waals surface area contributed by atoms with Crippen LogP contribution in [0, 0.1) is 0 Å². The van der Waals surface area contributed by atoms with Crippen LogP contribution < -0.4 is 10.5 Å². The van der Waals surface area contributed by atoms with Crippen molar-refractivity contribution in [2.24, 2.45) is 12.8 Å². The second-order valence-electron chi connectivity index (χ2n) is 4.83. The highest BCUT2D eigenvalue weighted by Gasteiger charge is 2.17. The molecule has 1 aliphatic rings. The van der Waals surface area contributed by atoms with Crippen molar-refractivity contribution in [3.8, 4) is 0 Å². The number of hydrogen-bond acceptors (Lipinski definition) is 5. The van der Waals surface area contributed by atoms with Crippen molar-refractivity contribution >= 4 is 21.8 Å². The summed E-state index contributed by atoms with van der Waals surface area (Å²) in [6, 6.07) is 1.62. The summed E-state index contributed by atoms with van der Waals surface area (Å²) in [6.45, 7) is 3.61. The Morgan fingerprint density at radius 3 is 2.70 bits per heavy atom. The number of sulfonamides is 1. The maximum Gasteiger partial charge on any atom is 0.242 e. The molecule has 0 saturated carbocycles. The average molecular weight is 318 g/mol. The molecule has 0 radical (unpaired) electrons. The van der Waals surface area contributed by atoms with E-state index in [-0.39, 0.29) is 4.90 Å². The number of nitrogens with two attached hydrogens (primary N) is 1. The molecule has 0 spiro atoms. The molecular formula is C12H22N4O2S2. The van der Waals surface area contributed by atoms with Crippen LogP contribution in [0.3, 0.4) is 0 Å². The second kappa shape index (κ2) is 6.95. The first kappa shape index (κ1) is 15.8. The zero-order chi connectivity index (χ0) is 14.6. The molecular weight excluding hydrogens is 296 g/mol. The minimum atomic E-state index is -3.43. The van der Waals surface area contributed by atoms with Crippen LogP contribution in [-0.2, 0) is 23.6 Å². The number of thioether (sulfide) groups is 1. The van der Waals surface area contributed by atoms with Gasteiger partial charge in [0.25, 0.3) is 0 Å². The SMILES string of the molecule is Cn1cc(S(=O)(=O)NCCN2CCSCC2)cc1CN. The van der Waals surface area contributed by atoms with E-state index >= 15 is 0 Å². The summed E-state index contributed by atoms with van der Waals surface area (Å²) in [7, 11) is -1.63. The van der Waals surface area contributed by atoms with E-state index < -0.39 is 10.0 Å². The maximum atomic E-state index is 12.2. The minimum Gasteiger partial charge on any atom is -0.352 e. The zero-order valence-electron chi connectivity index (χ0n) is 11.7. The van der Waals surface area contributed by atoms with E-state index in [4.69, 9.17) is 5.73 Å². The first-order valence-electron chi connectivity index (χ1n) is 6.68. The van der Waals surface area contributed by atoms with E-state index in [0.717, 1.165) is 36.8 Å². The van der Waals surface area contributed by atoms with E-state index in [0.29, 0.717) is 13.1 Å². The normalized spacial score (nSPS) is 17.5. The summed E-state index contributed by atoms with van der Waals surface area (Å²) < 4.78 is 28.7. The highest BCUT2D eigenvalue weighted by molar-refractivity contribution is 7.99. The van der Waals surface area contributed by atoms with Gasteiger partial charge in [-0.3, -0.25) is 0 Å². The predicted molar refractivity (Wildman–Crippen MR) is 82.3 cm³/mol. The molecule has 3 N–H and O–H groups in total. The van der Waals surface area contributed by atoms with Crippen LogP contribution >= 0.6 is 11.8 Å². The fourth-order valence-electron chi connectivity index (χ4n) is 2.17. The van der Waals surface area contributed by atoms with Gasteiger partial charge in [0.1, 0.15) is 0 Å². The quantitative estimate of drug-likeness (QED) is 0.760. The number of rotatable bonds is 6. The van der Waals surface area contributed by atoms with Crippen LogP contribution in [0.15, 0.2) is 17.2 Å². The van der Waals surface area contributed by atoms with Crippen molar-refractivity contribution in [1.29, 1.82) is 0 Å². The molecule has 114 valence electrons. The predicted octanol–water partition coefficient (Wildman–Crippen LogP) is -0.189. The molecule has 2 heterocycles. The van der Waals surface area contributed by atoms with Gasteiger partial charge in [0, 0.05) is 63.2 Å². The molecule has 1 fully saturated rings. The molecule has 8 heteroatoms. The third-order valence-corrected chi connectivity index (χ3v) is 5.80. The van der Waals surface area contributed by atoms with Crippen molar-refractivity contribution in [2.75, 3.05) is 37.7 Å². The number of aromatic nitrogens is 1. The van der Waals surface area contributed by atoms with Gasteiger partial charge in [0.2, 0.25) is 10.0 Å². The molecule has 1 aliphatic heterocycles. The highest BCUT2D eigenvalue weighted by Crippen LogP contribution is 2.13. The van der Waals surface area contributed by atoms with E-state index in [1.165, 1.54) is 0 Å². The molecule has 0 atom stereocenters. The highest BCUT2D eigenvalue weighted by atomic mass is 32.2. The number of aryl methyl sites for hydroxylation is 1. The van der Waals surface area contributed by atoms with Crippen LogP contribution in [-0.4, -0.2) is 55.6 Å². The van der Waals surface area contributed by atoms with Crippen molar-refractivity contribution in [1.82, 2.24) is 14.2 Å². The Balaban J connectivity index is 1.89. The molecule has 2 rings (SSSR count). The summed E-state index contributed by atoms with van der Waals surface area (Å²) in [5.74, 6) is 2.26. The van der Waals surface area contributed by atoms with E-state index in [1.54, 1.807) is 23.9 Å². The molecule has 0 aromatic carbocycles. The van der Waals surface area contributed by atoms with Gasteiger partial charge in [-0.15, -0.1) is 0 Å². The molecule has 1 aromatic heterocycles. The van der Waals surface area contributed by atoms with Gasteiger partial charge in [-0.2, -0.15) is 11.8 Å². The van der Waals surface area contributed by atoms with Crippen LogP contribution in [0.1, 0.15) is 5.69 Å². The van der Waals surface area contributed by atoms with Gasteiger partial charge in [0.05, 0.1) is 4.90 Å². The summed E-state index contributed by atoms with van der Waals surface area (Å²) in [5, 5.41) is 0. The van der Waals surface area contributed by atoms with Crippen LogP contribution in [0.2, 0.25) is 0 Å². The van der Waals surface area contributed by atoms with Crippen molar-refractivity contribution in [3.63, 3.8) is 0 Å². The molecule has 0 bridgehead atoms. The van der Waals surface area contributed by atoms with Crippen LogP contribution in [0.5, 0.6) is 0 Å². The Kier molecular flexibility index (Phi) is 5.50. The smallest absolute Gasteiger partial charge is 0.242 e. The Hall–Kier alpha value is -0.540. The van der Waals surface area contributed by atoms with Crippen LogP contribution in [0.25, 0.3) is 0 Å². The lowest BCUT2D eigenvalue weighted by molar-refractivity contribution is 0.307. The maximum absolute atomic E-state index is 12.2. The summed E-state index contributed by atoms with van der Waals surface area (Å²) >= 11 is 1.95. The van der Waals surface area contributed by atoms with Gasteiger partial charge in [-0.25, -0.2) is 13.1 Å². The Morgan fingerprint density at radius 2 is 2.10 bits per heavy atom. The number of hydrogen-bond donors (Lipinski definition) is 2. The third-order valence-electron chi connectivity index (χ3n) is 3.43. The van der Waals surface area contributed by atoms with Gasteiger partial charge in [-0.1, -0.05) is 0 Å². The average Bonchev–Trinajstić information content (AvgIpc) is 2.82. The molecule has 6 nitrogen and oxygen atoms in total. The summed E-state index contributed by atoms with van der Waals surface area (Å²) in [4.78, 5) is 2.57. The van der Waals surface area contributed by atoms with E-state index in [1.807, 2.05) is 11.8 Å². The monoisotopic (exact) mass is 318 g/mol. The van der Waals surface area contributed by atoms with Crippen molar-refractivity contribution < 1.29 is 8.42 Å². The molecule has 1 aromatic rings. The van der Waals surface area contributed by atoms with Crippen LogP contribution in [0.4, 0.5) is 0 Å². The fourth-order valence-corrected chi connectivity index (χ4v) is 4.27. The minimum absolute atomic E-state index is 0.287. The lowest BCUT2D eigenvalue weighted by Gasteiger charge is -2.25. The lowest BCUT2D eigenvalue weighted by Crippen LogP contribution is -2.39. The molecule has 0 aliphatic carbocycles. The lowest BCUT2D eigenvalue weighted by atomic mass is 10.4. The largest absolute Gasteiger partial charge is 0.352 e. The van der Waals surface area contributed by atoms with E-state index in [9.17, 15) is 8.42 Å². The van der Waals surface area contributed by atoms with Crippen molar-refractivity contribution in [2.45, 2.75) is 11.4 Å². The molecule has 0 amide bonds. The molecule has 0 unspecified atom stereocenters. The van der Waals surface area contributed by atoms with Gasteiger partial charge < -0.3 is 15.2 Å². The molecule has 1 saturated heterocycles. The second-order valence-corrected chi connectivity index (χ2v) is 7.83. The number of nitrogens with zero attached hydrogens (tertiary/aromatic N) is 2. The fraction of sp³-hybridized carbons (Fsp3) is 0.667. The third kappa shape index (κ3) is 3.98.